The Hall–Kier alpha value is -1.19. The zero-order valence-corrected chi connectivity index (χ0v) is 10.8. The highest BCUT2D eigenvalue weighted by molar-refractivity contribution is 5.52. The van der Waals surface area contributed by atoms with Crippen molar-refractivity contribution in [2.24, 2.45) is 0 Å². The van der Waals surface area contributed by atoms with E-state index in [1.54, 1.807) is 0 Å². The van der Waals surface area contributed by atoms with Crippen LogP contribution in [0.5, 0.6) is 5.88 Å². The largest absolute Gasteiger partial charge is 0.473 e. The number of nitrogens with zero attached hydrogens (tertiary/aromatic N) is 2. The van der Waals surface area contributed by atoms with E-state index in [1.807, 2.05) is 11.6 Å². The first-order valence-corrected chi connectivity index (χ1v) is 6.09. The molecule has 0 spiro atoms. The summed E-state index contributed by atoms with van der Waals surface area (Å²) in [6, 6.07) is 0. The SMILES string of the molecule is CCCC(C)Oc1c(N)c(C)nn1CCC. The van der Waals surface area contributed by atoms with E-state index in [1.165, 1.54) is 0 Å². The predicted octanol–water partition coefficient (Wildman–Crippen LogP) is 2.75. The lowest BCUT2D eigenvalue weighted by atomic mass is 10.2. The summed E-state index contributed by atoms with van der Waals surface area (Å²) in [6.07, 6.45) is 3.37. The summed E-state index contributed by atoms with van der Waals surface area (Å²) in [6.45, 7) is 9.11. The number of aromatic nitrogens is 2. The highest BCUT2D eigenvalue weighted by Gasteiger charge is 2.15. The molecule has 0 fully saturated rings. The van der Waals surface area contributed by atoms with Crippen LogP contribution in [0.4, 0.5) is 5.69 Å². The van der Waals surface area contributed by atoms with E-state index in [9.17, 15) is 0 Å². The van der Waals surface area contributed by atoms with Gasteiger partial charge in [0.1, 0.15) is 5.69 Å². The highest BCUT2D eigenvalue weighted by Crippen LogP contribution is 2.26. The van der Waals surface area contributed by atoms with Crippen LogP contribution in [0.25, 0.3) is 0 Å². The minimum atomic E-state index is 0.194. The second kappa shape index (κ2) is 5.77. The van der Waals surface area contributed by atoms with Gasteiger partial charge in [0, 0.05) is 6.54 Å². The minimum absolute atomic E-state index is 0.194. The monoisotopic (exact) mass is 225 g/mol. The topological polar surface area (TPSA) is 53.1 Å². The normalized spacial score (nSPS) is 12.8. The summed E-state index contributed by atoms with van der Waals surface area (Å²) in [5, 5.41) is 4.38. The first-order valence-electron chi connectivity index (χ1n) is 6.09. The summed E-state index contributed by atoms with van der Waals surface area (Å²) in [5.41, 5.74) is 7.50. The smallest absolute Gasteiger partial charge is 0.236 e. The molecule has 1 aromatic heterocycles. The molecule has 0 aliphatic heterocycles. The Bertz CT molecular complexity index is 333. The predicted molar refractivity (Wildman–Crippen MR) is 66.7 cm³/mol. The van der Waals surface area contributed by atoms with Crippen molar-refractivity contribution in [2.75, 3.05) is 5.73 Å². The lowest BCUT2D eigenvalue weighted by molar-refractivity contribution is 0.190. The first-order chi connectivity index (χ1) is 7.60. The number of nitrogens with two attached hydrogens (primary N) is 1. The van der Waals surface area contributed by atoms with E-state index in [2.05, 4.69) is 25.9 Å². The maximum Gasteiger partial charge on any atom is 0.236 e. The summed E-state index contributed by atoms with van der Waals surface area (Å²) < 4.78 is 7.74. The number of ether oxygens (including phenoxy) is 1. The molecule has 1 atom stereocenters. The Kier molecular flexibility index (Phi) is 4.65. The lowest BCUT2D eigenvalue weighted by Crippen LogP contribution is -2.15. The fourth-order valence-corrected chi connectivity index (χ4v) is 1.72. The van der Waals surface area contributed by atoms with Gasteiger partial charge in [-0.05, 0) is 26.7 Å². The van der Waals surface area contributed by atoms with Crippen LogP contribution >= 0.6 is 0 Å². The Morgan fingerprint density at radius 3 is 2.62 bits per heavy atom. The van der Waals surface area contributed by atoms with Crippen LogP contribution in [0.15, 0.2) is 0 Å². The third kappa shape index (κ3) is 2.90. The van der Waals surface area contributed by atoms with Crippen molar-refractivity contribution in [1.82, 2.24) is 9.78 Å². The van der Waals surface area contributed by atoms with Crippen molar-refractivity contribution in [3.8, 4) is 5.88 Å². The number of aryl methyl sites for hydroxylation is 2. The lowest BCUT2D eigenvalue weighted by Gasteiger charge is -2.15. The molecule has 16 heavy (non-hydrogen) atoms. The van der Waals surface area contributed by atoms with Crippen LogP contribution in [0.1, 0.15) is 45.7 Å². The van der Waals surface area contributed by atoms with E-state index >= 15 is 0 Å². The number of anilines is 1. The summed E-state index contributed by atoms with van der Waals surface area (Å²) in [7, 11) is 0. The van der Waals surface area contributed by atoms with E-state index in [0.717, 1.165) is 37.4 Å². The molecular weight excluding hydrogens is 202 g/mol. The first kappa shape index (κ1) is 12.9. The molecule has 92 valence electrons. The molecule has 0 aromatic carbocycles. The van der Waals surface area contributed by atoms with Crippen molar-refractivity contribution in [2.45, 2.75) is 59.6 Å². The van der Waals surface area contributed by atoms with Gasteiger partial charge in [-0.15, -0.1) is 0 Å². The second-order valence-corrected chi connectivity index (χ2v) is 4.24. The Balaban J connectivity index is 2.83. The summed E-state index contributed by atoms with van der Waals surface area (Å²) in [5.74, 6) is 0.736. The Morgan fingerprint density at radius 2 is 2.06 bits per heavy atom. The maximum absolute atomic E-state index is 5.97. The van der Waals surface area contributed by atoms with E-state index < -0.39 is 0 Å². The number of rotatable bonds is 6. The Morgan fingerprint density at radius 1 is 1.38 bits per heavy atom. The zero-order chi connectivity index (χ0) is 12.1. The van der Waals surface area contributed by atoms with E-state index in [-0.39, 0.29) is 6.10 Å². The average Bonchev–Trinajstić information content (AvgIpc) is 2.47. The van der Waals surface area contributed by atoms with Gasteiger partial charge in [0.25, 0.3) is 0 Å². The van der Waals surface area contributed by atoms with Gasteiger partial charge < -0.3 is 10.5 Å². The van der Waals surface area contributed by atoms with Crippen molar-refractivity contribution < 1.29 is 4.74 Å². The Labute approximate surface area is 97.8 Å². The van der Waals surface area contributed by atoms with Crippen LogP contribution in [0, 0.1) is 6.92 Å². The molecule has 0 saturated carbocycles. The van der Waals surface area contributed by atoms with Gasteiger partial charge in [-0.1, -0.05) is 20.3 Å². The number of hydrogen-bond donors (Lipinski definition) is 1. The van der Waals surface area contributed by atoms with Gasteiger partial charge in [-0.3, -0.25) is 0 Å². The van der Waals surface area contributed by atoms with Gasteiger partial charge in [-0.25, -0.2) is 4.68 Å². The van der Waals surface area contributed by atoms with Gasteiger partial charge in [0.05, 0.1) is 11.8 Å². The molecule has 0 aliphatic rings. The molecule has 0 amide bonds. The van der Waals surface area contributed by atoms with Gasteiger partial charge in [-0.2, -0.15) is 5.10 Å². The van der Waals surface area contributed by atoms with Crippen molar-refractivity contribution >= 4 is 5.69 Å². The third-order valence-electron chi connectivity index (χ3n) is 2.57. The van der Waals surface area contributed by atoms with E-state index in [4.69, 9.17) is 10.5 Å². The fraction of sp³-hybridized carbons (Fsp3) is 0.750. The van der Waals surface area contributed by atoms with Crippen molar-refractivity contribution in [3.05, 3.63) is 5.69 Å². The van der Waals surface area contributed by atoms with Crippen LogP contribution in [0.2, 0.25) is 0 Å². The van der Waals surface area contributed by atoms with Crippen LogP contribution in [-0.4, -0.2) is 15.9 Å². The molecule has 1 heterocycles. The van der Waals surface area contributed by atoms with Gasteiger partial charge in [0.2, 0.25) is 5.88 Å². The van der Waals surface area contributed by atoms with E-state index in [0.29, 0.717) is 5.69 Å². The molecule has 0 aliphatic carbocycles. The second-order valence-electron chi connectivity index (χ2n) is 4.24. The van der Waals surface area contributed by atoms with Crippen LogP contribution in [-0.2, 0) is 6.54 Å². The minimum Gasteiger partial charge on any atom is -0.473 e. The van der Waals surface area contributed by atoms with Crippen LogP contribution < -0.4 is 10.5 Å². The highest BCUT2D eigenvalue weighted by atomic mass is 16.5. The number of nitrogen functional groups attached to an aromatic ring is 1. The van der Waals surface area contributed by atoms with Gasteiger partial charge >= 0.3 is 0 Å². The van der Waals surface area contributed by atoms with Crippen LogP contribution in [0.3, 0.4) is 0 Å². The molecule has 4 heteroatoms. The number of hydrogen-bond acceptors (Lipinski definition) is 3. The third-order valence-corrected chi connectivity index (χ3v) is 2.57. The zero-order valence-electron chi connectivity index (χ0n) is 10.8. The molecule has 1 aromatic rings. The van der Waals surface area contributed by atoms with Gasteiger partial charge in [0.15, 0.2) is 0 Å². The standard InChI is InChI=1S/C12H23N3O/c1-5-7-9(3)16-12-11(13)10(4)14-15(12)8-6-2/h9H,5-8,13H2,1-4H3. The molecule has 1 rings (SSSR count). The fourth-order valence-electron chi connectivity index (χ4n) is 1.72. The molecule has 2 N–H and O–H groups in total. The average molecular weight is 225 g/mol. The molecule has 0 bridgehead atoms. The van der Waals surface area contributed by atoms with Crippen molar-refractivity contribution in [1.29, 1.82) is 0 Å². The molecule has 0 radical (unpaired) electrons. The molecule has 4 nitrogen and oxygen atoms in total. The molecule has 1 unspecified atom stereocenters. The maximum atomic E-state index is 5.97. The molecular formula is C12H23N3O. The molecule has 0 saturated heterocycles. The summed E-state index contributed by atoms with van der Waals surface area (Å²) in [4.78, 5) is 0. The quantitative estimate of drug-likeness (QED) is 0.810. The van der Waals surface area contributed by atoms with Crippen molar-refractivity contribution in [3.63, 3.8) is 0 Å². The summed E-state index contributed by atoms with van der Waals surface area (Å²) >= 11 is 0.